The molecule has 1 saturated carbocycles. The molecular formula is C13H15N5O2. The molecule has 3 N–H and O–H groups in total. The van der Waals surface area contributed by atoms with E-state index in [0.717, 1.165) is 5.69 Å². The van der Waals surface area contributed by atoms with Crippen molar-refractivity contribution in [2.75, 3.05) is 0 Å². The van der Waals surface area contributed by atoms with Crippen molar-refractivity contribution in [2.45, 2.75) is 25.0 Å². The summed E-state index contributed by atoms with van der Waals surface area (Å²) in [6.45, 7) is 0. The van der Waals surface area contributed by atoms with Crippen LogP contribution in [0.2, 0.25) is 0 Å². The zero-order chi connectivity index (χ0) is 13.9. The van der Waals surface area contributed by atoms with E-state index in [0.29, 0.717) is 12.8 Å². The van der Waals surface area contributed by atoms with Crippen LogP contribution in [0.4, 0.5) is 0 Å². The zero-order valence-electron chi connectivity index (χ0n) is 10.7. The third-order valence-corrected chi connectivity index (χ3v) is 3.56. The van der Waals surface area contributed by atoms with Crippen molar-refractivity contribution in [1.82, 2.24) is 25.7 Å². The van der Waals surface area contributed by atoms with Crippen LogP contribution in [0.25, 0.3) is 0 Å². The minimum Gasteiger partial charge on any atom is -0.393 e. The number of nitrogens with zero attached hydrogens (tertiary/aromatic N) is 3. The molecule has 1 aliphatic rings. The van der Waals surface area contributed by atoms with Crippen molar-refractivity contribution in [1.29, 1.82) is 0 Å². The van der Waals surface area contributed by atoms with Crippen LogP contribution in [0, 0.1) is 5.92 Å². The lowest BCUT2D eigenvalue weighted by Crippen LogP contribution is -2.41. The summed E-state index contributed by atoms with van der Waals surface area (Å²) in [6.07, 6.45) is 4.12. The molecule has 1 fully saturated rings. The molecule has 7 heteroatoms. The van der Waals surface area contributed by atoms with E-state index in [1.807, 2.05) is 18.2 Å². The largest absolute Gasteiger partial charge is 0.393 e. The Bertz CT molecular complexity index is 566. The van der Waals surface area contributed by atoms with Gasteiger partial charge in [0.15, 0.2) is 5.69 Å². The minimum atomic E-state index is -0.296. The van der Waals surface area contributed by atoms with Crippen molar-refractivity contribution in [3.05, 3.63) is 42.0 Å². The van der Waals surface area contributed by atoms with Gasteiger partial charge in [0.1, 0.15) is 0 Å². The number of carbonyl (C=O) groups excluding carboxylic acids is 1. The third-order valence-electron chi connectivity index (χ3n) is 3.56. The SMILES string of the molecule is O=C(NC(c1ccccn1)C1CC(O)C1)c1cn[nH]n1. The highest BCUT2D eigenvalue weighted by atomic mass is 16.3. The smallest absolute Gasteiger partial charge is 0.274 e. The molecule has 1 aliphatic carbocycles. The van der Waals surface area contributed by atoms with E-state index in [2.05, 4.69) is 25.7 Å². The minimum absolute atomic E-state index is 0.191. The van der Waals surface area contributed by atoms with Gasteiger partial charge in [-0.25, -0.2) is 0 Å². The van der Waals surface area contributed by atoms with Crippen LogP contribution in [0.3, 0.4) is 0 Å². The van der Waals surface area contributed by atoms with Crippen molar-refractivity contribution in [3.63, 3.8) is 0 Å². The fraction of sp³-hybridized carbons (Fsp3) is 0.385. The van der Waals surface area contributed by atoms with Crippen LogP contribution in [0.1, 0.15) is 35.1 Å². The first-order chi connectivity index (χ1) is 9.74. The molecule has 1 unspecified atom stereocenters. The van der Waals surface area contributed by atoms with E-state index in [-0.39, 0.29) is 29.7 Å². The number of carbonyl (C=O) groups is 1. The molecule has 3 rings (SSSR count). The molecule has 0 aliphatic heterocycles. The Morgan fingerprint density at radius 2 is 2.30 bits per heavy atom. The van der Waals surface area contributed by atoms with Crippen LogP contribution in [0.5, 0.6) is 0 Å². The van der Waals surface area contributed by atoms with Gasteiger partial charge >= 0.3 is 0 Å². The van der Waals surface area contributed by atoms with E-state index in [9.17, 15) is 9.90 Å². The molecule has 1 atom stereocenters. The second-order valence-corrected chi connectivity index (χ2v) is 4.95. The molecule has 1 amide bonds. The van der Waals surface area contributed by atoms with Crippen molar-refractivity contribution >= 4 is 5.91 Å². The summed E-state index contributed by atoms with van der Waals surface area (Å²) in [7, 11) is 0. The fourth-order valence-electron chi connectivity index (χ4n) is 2.42. The first-order valence-corrected chi connectivity index (χ1v) is 6.49. The molecule has 0 radical (unpaired) electrons. The van der Waals surface area contributed by atoms with E-state index in [4.69, 9.17) is 0 Å². The average molecular weight is 273 g/mol. The molecule has 0 bridgehead atoms. The quantitative estimate of drug-likeness (QED) is 0.750. The first kappa shape index (κ1) is 12.7. The van der Waals surface area contributed by atoms with Gasteiger partial charge in [-0.3, -0.25) is 9.78 Å². The lowest BCUT2D eigenvalue weighted by Gasteiger charge is -2.37. The Hall–Kier alpha value is -2.28. The molecule has 2 aromatic rings. The maximum atomic E-state index is 12.1. The van der Waals surface area contributed by atoms with Gasteiger partial charge in [-0.05, 0) is 30.9 Å². The predicted molar refractivity (Wildman–Crippen MR) is 69.6 cm³/mol. The Kier molecular flexibility index (Phi) is 3.42. The van der Waals surface area contributed by atoms with Crippen LogP contribution in [-0.4, -0.2) is 37.5 Å². The summed E-state index contributed by atoms with van der Waals surface area (Å²) in [5.41, 5.74) is 1.03. The molecular weight excluding hydrogens is 258 g/mol. The van der Waals surface area contributed by atoms with Crippen molar-refractivity contribution in [3.8, 4) is 0 Å². The zero-order valence-corrected chi connectivity index (χ0v) is 10.7. The van der Waals surface area contributed by atoms with Gasteiger partial charge < -0.3 is 10.4 Å². The fourth-order valence-corrected chi connectivity index (χ4v) is 2.42. The van der Waals surface area contributed by atoms with E-state index >= 15 is 0 Å². The lowest BCUT2D eigenvalue weighted by molar-refractivity contribution is 0.0227. The number of nitrogens with one attached hydrogen (secondary N) is 2. The number of aromatic amines is 1. The predicted octanol–water partition coefficient (Wildman–Crippen LogP) is 0.442. The molecule has 0 saturated heterocycles. The van der Waals surface area contributed by atoms with Gasteiger partial charge in [-0.2, -0.15) is 15.4 Å². The van der Waals surface area contributed by atoms with Gasteiger partial charge in [0.05, 0.1) is 24.0 Å². The number of amides is 1. The number of pyridine rings is 1. The normalized spacial score (nSPS) is 22.9. The monoisotopic (exact) mass is 273 g/mol. The summed E-state index contributed by atoms with van der Waals surface area (Å²) in [5, 5.41) is 22.2. The highest BCUT2D eigenvalue weighted by Gasteiger charge is 2.36. The second kappa shape index (κ2) is 5.38. The number of aliphatic hydroxyl groups excluding tert-OH is 1. The molecule has 0 spiro atoms. The lowest BCUT2D eigenvalue weighted by atomic mass is 9.76. The van der Waals surface area contributed by atoms with E-state index < -0.39 is 0 Å². The molecule has 20 heavy (non-hydrogen) atoms. The Balaban J connectivity index is 1.78. The van der Waals surface area contributed by atoms with Crippen LogP contribution in [0.15, 0.2) is 30.6 Å². The number of rotatable bonds is 4. The summed E-state index contributed by atoms with van der Waals surface area (Å²) in [5.74, 6) is -0.105. The second-order valence-electron chi connectivity index (χ2n) is 4.95. The van der Waals surface area contributed by atoms with Gasteiger partial charge in [0.2, 0.25) is 0 Å². The Morgan fingerprint density at radius 1 is 1.45 bits per heavy atom. The first-order valence-electron chi connectivity index (χ1n) is 6.49. The van der Waals surface area contributed by atoms with Gasteiger partial charge in [-0.15, -0.1) is 0 Å². The number of hydrogen-bond donors (Lipinski definition) is 3. The van der Waals surface area contributed by atoms with Crippen molar-refractivity contribution in [2.24, 2.45) is 5.92 Å². The third kappa shape index (κ3) is 2.53. The van der Waals surface area contributed by atoms with Gasteiger partial charge in [0, 0.05) is 6.20 Å². The van der Waals surface area contributed by atoms with Gasteiger partial charge in [-0.1, -0.05) is 6.07 Å². The number of aliphatic hydroxyl groups is 1. The van der Waals surface area contributed by atoms with Crippen LogP contribution < -0.4 is 5.32 Å². The molecule has 2 heterocycles. The summed E-state index contributed by atoms with van der Waals surface area (Å²) in [4.78, 5) is 16.4. The Morgan fingerprint density at radius 3 is 2.90 bits per heavy atom. The molecule has 104 valence electrons. The topological polar surface area (TPSA) is 104 Å². The van der Waals surface area contributed by atoms with E-state index in [1.54, 1.807) is 6.20 Å². The number of aromatic nitrogens is 4. The molecule has 2 aromatic heterocycles. The highest BCUT2D eigenvalue weighted by Crippen LogP contribution is 2.37. The average Bonchev–Trinajstić information content (AvgIpc) is 2.97. The number of H-pyrrole nitrogens is 1. The maximum absolute atomic E-state index is 12.1. The molecule has 0 aromatic carbocycles. The summed E-state index contributed by atoms with van der Waals surface area (Å²) in [6, 6.07) is 5.37. The standard InChI is InChI=1S/C13H15N5O2/c19-9-5-8(6-9)12(10-3-1-2-4-14-10)16-13(20)11-7-15-18-17-11/h1-4,7-9,12,19H,5-6H2,(H,16,20)(H,15,17,18). The number of hydrogen-bond acceptors (Lipinski definition) is 5. The van der Waals surface area contributed by atoms with Crippen LogP contribution >= 0.6 is 0 Å². The summed E-state index contributed by atoms with van der Waals surface area (Å²) >= 11 is 0. The highest BCUT2D eigenvalue weighted by molar-refractivity contribution is 5.92. The van der Waals surface area contributed by atoms with Gasteiger partial charge in [0.25, 0.3) is 5.91 Å². The van der Waals surface area contributed by atoms with E-state index in [1.165, 1.54) is 6.20 Å². The van der Waals surface area contributed by atoms with Crippen LogP contribution in [-0.2, 0) is 0 Å². The summed E-state index contributed by atoms with van der Waals surface area (Å²) < 4.78 is 0. The van der Waals surface area contributed by atoms with Crippen molar-refractivity contribution < 1.29 is 9.90 Å². The molecule has 7 nitrogen and oxygen atoms in total. The Labute approximate surface area is 115 Å². The maximum Gasteiger partial charge on any atom is 0.274 e.